The van der Waals surface area contributed by atoms with E-state index in [4.69, 9.17) is 23.2 Å². The number of aryl methyl sites for hydroxylation is 3. The lowest BCUT2D eigenvalue weighted by molar-refractivity contribution is -0.126. The van der Waals surface area contributed by atoms with Gasteiger partial charge in [0.1, 0.15) is 5.82 Å². The number of sulfonamides is 1. The smallest absolute Gasteiger partial charge is 0.262 e. The van der Waals surface area contributed by atoms with E-state index in [9.17, 15) is 13.2 Å². The Balaban J connectivity index is 1.44. The second kappa shape index (κ2) is 9.68. The van der Waals surface area contributed by atoms with Crippen LogP contribution in [0.25, 0.3) is 0 Å². The Morgan fingerprint density at radius 3 is 2.53 bits per heavy atom. The van der Waals surface area contributed by atoms with Gasteiger partial charge in [0.05, 0.1) is 10.0 Å². The van der Waals surface area contributed by atoms with Crippen LogP contribution in [0.1, 0.15) is 30.7 Å². The Labute approximate surface area is 187 Å². The fourth-order valence-corrected chi connectivity index (χ4v) is 5.30. The molecule has 0 bridgehead atoms. The van der Waals surface area contributed by atoms with Crippen molar-refractivity contribution < 1.29 is 13.2 Å². The molecular weight excluding hydrogens is 447 g/mol. The number of nitrogens with one attached hydrogen (secondary N) is 1. The zero-order chi connectivity index (χ0) is 21.9. The molecule has 1 fully saturated rings. The maximum absolute atomic E-state index is 12.8. The number of imidazole rings is 1. The van der Waals surface area contributed by atoms with Gasteiger partial charge in [-0.2, -0.15) is 4.31 Å². The quantitative estimate of drug-likeness (QED) is 0.627. The monoisotopic (exact) mass is 472 g/mol. The minimum absolute atomic E-state index is 0.0186. The Hall–Kier alpha value is -1.61. The SMILES string of the molecule is Cc1nc(S(=O)(=O)N2CCC(C(=O)NCCCc3ccc(Cl)c(Cl)c3)CC2)cn1C. The summed E-state index contributed by atoms with van der Waals surface area (Å²) in [4.78, 5) is 16.6. The zero-order valence-electron chi connectivity index (χ0n) is 17.1. The van der Waals surface area contributed by atoms with Crippen LogP contribution >= 0.6 is 23.2 Å². The first-order chi connectivity index (χ1) is 14.2. The van der Waals surface area contributed by atoms with E-state index in [-0.39, 0.29) is 16.9 Å². The van der Waals surface area contributed by atoms with Crippen LogP contribution in [0.3, 0.4) is 0 Å². The van der Waals surface area contributed by atoms with Crippen LogP contribution < -0.4 is 5.32 Å². The highest BCUT2D eigenvalue weighted by atomic mass is 35.5. The summed E-state index contributed by atoms with van der Waals surface area (Å²) in [5, 5.41) is 4.08. The van der Waals surface area contributed by atoms with Crippen molar-refractivity contribution >= 4 is 39.1 Å². The molecule has 0 aliphatic carbocycles. The van der Waals surface area contributed by atoms with Crippen LogP contribution in [0.15, 0.2) is 29.4 Å². The van der Waals surface area contributed by atoms with E-state index >= 15 is 0 Å². The molecule has 0 unspecified atom stereocenters. The largest absolute Gasteiger partial charge is 0.356 e. The molecule has 1 N–H and O–H groups in total. The molecule has 2 heterocycles. The van der Waals surface area contributed by atoms with Crippen molar-refractivity contribution in [2.75, 3.05) is 19.6 Å². The molecule has 2 aromatic rings. The number of nitrogens with zero attached hydrogens (tertiary/aromatic N) is 3. The third kappa shape index (κ3) is 5.35. The molecule has 7 nitrogen and oxygen atoms in total. The summed E-state index contributed by atoms with van der Waals surface area (Å²) < 4.78 is 28.6. The molecule has 1 saturated heterocycles. The summed E-state index contributed by atoms with van der Waals surface area (Å²) in [6.07, 6.45) is 4.11. The van der Waals surface area contributed by atoms with Crippen molar-refractivity contribution in [3.63, 3.8) is 0 Å². The molecule has 1 aromatic heterocycles. The molecule has 1 aliphatic heterocycles. The van der Waals surface area contributed by atoms with Gasteiger partial charge in [-0.15, -0.1) is 0 Å². The number of carbonyl (C=O) groups excluding carboxylic acids is 1. The second-order valence-corrected chi connectivity index (χ2v) is 10.3. The highest BCUT2D eigenvalue weighted by molar-refractivity contribution is 7.89. The van der Waals surface area contributed by atoms with Gasteiger partial charge in [-0.25, -0.2) is 13.4 Å². The third-order valence-electron chi connectivity index (χ3n) is 5.44. The number of piperidine rings is 1. The van der Waals surface area contributed by atoms with Crippen molar-refractivity contribution in [1.82, 2.24) is 19.2 Å². The van der Waals surface area contributed by atoms with Crippen LogP contribution in [-0.4, -0.2) is 47.8 Å². The zero-order valence-corrected chi connectivity index (χ0v) is 19.4. The number of rotatable bonds is 7. The van der Waals surface area contributed by atoms with Gasteiger partial charge in [0.2, 0.25) is 5.91 Å². The van der Waals surface area contributed by atoms with E-state index in [1.807, 2.05) is 12.1 Å². The predicted molar refractivity (Wildman–Crippen MR) is 117 cm³/mol. The number of amides is 1. The highest BCUT2D eigenvalue weighted by Crippen LogP contribution is 2.24. The number of benzene rings is 1. The lowest BCUT2D eigenvalue weighted by Crippen LogP contribution is -2.43. The molecule has 0 atom stereocenters. The lowest BCUT2D eigenvalue weighted by atomic mass is 9.97. The van der Waals surface area contributed by atoms with Crippen LogP contribution in [0, 0.1) is 12.8 Å². The maximum Gasteiger partial charge on any atom is 0.262 e. The van der Waals surface area contributed by atoms with E-state index in [0.717, 1.165) is 18.4 Å². The van der Waals surface area contributed by atoms with Gasteiger partial charge >= 0.3 is 0 Å². The Kier molecular flexibility index (Phi) is 7.44. The number of hydrogen-bond acceptors (Lipinski definition) is 4. The minimum atomic E-state index is -3.62. The summed E-state index contributed by atoms with van der Waals surface area (Å²) >= 11 is 11.9. The maximum atomic E-state index is 12.8. The number of carbonyl (C=O) groups is 1. The fourth-order valence-electron chi connectivity index (χ4n) is 3.48. The summed E-state index contributed by atoms with van der Waals surface area (Å²) in [5.74, 6) is 0.450. The molecule has 10 heteroatoms. The summed E-state index contributed by atoms with van der Waals surface area (Å²) in [6, 6.07) is 5.53. The van der Waals surface area contributed by atoms with Gasteiger partial charge in [-0.05, 0) is 50.3 Å². The molecule has 3 rings (SSSR count). The normalized spacial score (nSPS) is 16.0. The molecule has 1 aromatic carbocycles. The lowest BCUT2D eigenvalue weighted by Gasteiger charge is -2.29. The Bertz CT molecular complexity index is 996. The van der Waals surface area contributed by atoms with Crippen molar-refractivity contribution in [1.29, 1.82) is 0 Å². The second-order valence-electron chi connectivity index (χ2n) is 7.56. The highest BCUT2D eigenvalue weighted by Gasteiger charge is 2.33. The molecule has 30 heavy (non-hydrogen) atoms. The molecule has 1 amide bonds. The van der Waals surface area contributed by atoms with Gasteiger partial charge < -0.3 is 9.88 Å². The minimum Gasteiger partial charge on any atom is -0.356 e. The molecule has 164 valence electrons. The van der Waals surface area contributed by atoms with Crippen LogP contribution in [0.5, 0.6) is 0 Å². The van der Waals surface area contributed by atoms with E-state index in [0.29, 0.717) is 48.3 Å². The van der Waals surface area contributed by atoms with Crippen LogP contribution in [0.4, 0.5) is 0 Å². The van der Waals surface area contributed by atoms with E-state index < -0.39 is 10.0 Å². The predicted octanol–water partition coefficient (Wildman–Crippen LogP) is 3.19. The van der Waals surface area contributed by atoms with Crippen LogP contribution in [0.2, 0.25) is 10.0 Å². The molecule has 0 radical (unpaired) electrons. The topological polar surface area (TPSA) is 84.3 Å². The molecular formula is C20H26Cl2N4O3S. The summed E-state index contributed by atoms with van der Waals surface area (Å²) in [5.41, 5.74) is 1.07. The standard InChI is InChI=1S/C20H26Cl2N4O3S/c1-14-24-19(13-25(14)2)30(28,29)26-10-7-16(8-11-26)20(27)23-9-3-4-15-5-6-17(21)18(22)12-15/h5-6,12-13,16H,3-4,7-11H2,1-2H3,(H,23,27). The molecule has 0 spiro atoms. The summed E-state index contributed by atoms with van der Waals surface area (Å²) in [7, 11) is -1.86. The first-order valence-corrected chi connectivity index (χ1v) is 12.1. The first kappa shape index (κ1) is 23.1. The first-order valence-electron chi connectivity index (χ1n) is 9.90. The van der Waals surface area contributed by atoms with Gasteiger partial charge in [0, 0.05) is 38.8 Å². The van der Waals surface area contributed by atoms with Gasteiger partial charge in [-0.1, -0.05) is 29.3 Å². The Morgan fingerprint density at radius 2 is 1.93 bits per heavy atom. The van der Waals surface area contributed by atoms with Crippen molar-refractivity contribution in [3.05, 3.63) is 45.8 Å². The molecule has 0 saturated carbocycles. The third-order valence-corrected chi connectivity index (χ3v) is 7.95. The van der Waals surface area contributed by atoms with E-state index in [1.165, 1.54) is 10.5 Å². The Morgan fingerprint density at radius 1 is 1.23 bits per heavy atom. The van der Waals surface area contributed by atoms with E-state index in [1.54, 1.807) is 24.6 Å². The number of halogens is 2. The van der Waals surface area contributed by atoms with Gasteiger partial charge in [0.15, 0.2) is 5.03 Å². The van der Waals surface area contributed by atoms with Gasteiger partial charge in [-0.3, -0.25) is 4.79 Å². The van der Waals surface area contributed by atoms with Gasteiger partial charge in [0.25, 0.3) is 10.0 Å². The fraction of sp³-hybridized carbons (Fsp3) is 0.500. The average molecular weight is 473 g/mol. The van der Waals surface area contributed by atoms with Crippen molar-refractivity contribution in [2.45, 2.75) is 37.6 Å². The average Bonchev–Trinajstić information content (AvgIpc) is 3.07. The van der Waals surface area contributed by atoms with E-state index in [2.05, 4.69) is 10.3 Å². The van der Waals surface area contributed by atoms with Crippen LogP contribution in [-0.2, 0) is 28.3 Å². The molecule has 1 aliphatic rings. The number of aromatic nitrogens is 2. The summed E-state index contributed by atoms with van der Waals surface area (Å²) in [6.45, 7) is 2.96. The van der Waals surface area contributed by atoms with Crippen molar-refractivity contribution in [2.24, 2.45) is 13.0 Å². The van der Waals surface area contributed by atoms with Crippen molar-refractivity contribution in [3.8, 4) is 0 Å². The number of hydrogen-bond donors (Lipinski definition) is 1.